The number of aromatic nitrogens is 2. The van der Waals surface area contributed by atoms with E-state index < -0.39 is 0 Å². The summed E-state index contributed by atoms with van der Waals surface area (Å²) in [7, 11) is 0. The van der Waals surface area contributed by atoms with Crippen molar-refractivity contribution in [2.45, 2.75) is 32.9 Å². The molecule has 0 bridgehead atoms. The number of amides is 1. The number of aryl methyl sites for hydroxylation is 1. The molecule has 1 saturated heterocycles. The van der Waals surface area contributed by atoms with Gasteiger partial charge in [0.15, 0.2) is 0 Å². The topological polar surface area (TPSA) is 58.4 Å². The van der Waals surface area contributed by atoms with Gasteiger partial charge in [-0.2, -0.15) is 0 Å². The van der Waals surface area contributed by atoms with E-state index in [0.717, 1.165) is 31.0 Å². The Morgan fingerprint density at radius 1 is 1.30 bits per heavy atom. The second-order valence-corrected chi connectivity index (χ2v) is 7.04. The minimum Gasteiger partial charge on any atom is -0.340 e. The van der Waals surface area contributed by atoms with Crippen molar-refractivity contribution in [2.75, 3.05) is 26.2 Å². The van der Waals surface area contributed by atoms with Crippen molar-refractivity contribution < 1.29 is 4.79 Å². The molecule has 0 saturated carbocycles. The lowest BCUT2D eigenvalue weighted by Crippen LogP contribution is -2.50. The number of piperazine rings is 1. The molecule has 1 fully saturated rings. The van der Waals surface area contributed by atoms with E-state index in [-0.39, 0.29) is 11.5 Å². The van der Waals surface area contributed by atoms with E-state index in [9.17, 15) is 9.59 Å². The number of fused-ring (bicyclic) bond motifs is 1. The Balaban J connectivity index is 1.58. The van der Waals surface area contributed by atoms with Gasteiger partial charge in [-0.1, -0.05) is 0 Å². The van der Waals surface area contributed by atoms with E-state index in [0.29, 0.717) is 24.4 Å². The maximum atomic E-state index is 12.3. The highest BCUT2D eigenvalue weighted by Gasteiger charge is 2.22. The van der Waals surface area contributed by atoms with Crippen LogP contribution in [0.4, 0.5) is 0 Å². The lowest BCUT2D eigenvalue weighted by molar-refractivity contribution is -0.133. The second kappa shape index (κ2) is 6.80. The van der Waals surface area contributed by atoms with Gasteiger partial charge >= 0.3 is 0 Å². The molecule has 23 heavy (non-hydrogen) atoms. The predicted molar refractivity (Wildman–Crippen MR) is 91.8 cm³/mol. The molecule has 0 radical (unpaired) electrons. The monoisotopic (exact) mass is 334 g/mol. The Morgan fingerprint density at radius 2 is 2.04 bits per heavy atom. The molecule has 1 aliphatic rings. The standard InChI is InChI=1S/C16H22N4O2S/c1-12(2)18-6-8-19(9-7-18)14(21)3-5-20-11-17-15-13(16(20)22)4-10-23-15/h4,10-12H,3,5-9H2,1-2H3. The summed E-state index contributed by atoms with van der Waals surface area (Å²) in [6.45, 7) is 8.13. The van der Waals surface area contributed by atoms with Gasteiger partial charge in [0.1, 0.15) is 4.83 Å². The first-order valence-electron chi connectivity index (χ1n) is 8.00. The van der Waals surface area contributed by atoms with Crippen molar-refractivity contribution >= 4 is 27.5 Å². The molecule has 3 rings (SSSR count). The van der Waals surface area contributed by atoms with Crippen LogP contribution in [0.5, 0.6) is 0 Å². The van der Waals surface area contributed by atoms with E-state index in [1.165, 1.54) is 15.9 Å². The van der Waals surface area contributed by atoms with Gasteiger partial charge in [-0.15, -0.1) is 11.3 Å². The minimum absolute atomic E-state index is 0.0614. The van der Waals surface area contributed by atoms with E-state index in [1.807, 2.05) is 10.3 Å². The third-order valence-corrected chi connectivity index (χ3v) is 5.24. The van der Waals surface area contributed by atoms with E-state index >= 15 is 0 Å². The average Bonchev–Trinajstić information content (AvgIpc) is 3.03. The van der Waals surface area contributed by atoms with Gasteiger partial charge in [-0.3, -0.25) is 19.1 Å². The van der Waals surface area contributed by atoms with Crippen LogP contribution in [0.2, 0.25) is 0 Å². The highest BCUT2D eigenvalue weighted by molar-refractivity contribution is 7.16. The summed E-state index contributed by atoms with van der Waals surface area (Å²) >= 11 is 1.46. The number of carbonyl (C=O) groups is 1. The number of hydrogen-bond donors (Lipinski definition) is 0. The first-order valence-corrected chi connectivity index (χ1v) is 8.88. The van der Waals surface area contributed by atoms with Crippen LogP contribution in [0.25, 0.3) is 10.2 Å². The molecule has 0 atom stereocenters. The highest BCUT2D eigenvalue weighted by Crippen LogP contribution is 2.13. The SMILES string of the molecule is CC(C)N1CCN(C(=O)CCn2cnc3sccc3c2=O)CC1. The van der Waals surface area contributed by atoms with Crippen molar-refractivity contribution in [1.29, 1.82) is 0 Å². The van der Waals surface area contributed by atoms with E-state index in [2.05, 4.69) is 23.7 Å². The molecule has 7 heteroatoms. The van der Waals surface area contributed by atoms with Gasteiger partial charge in [0.05, 0.1) is 11.7 Å². The zero-order valence-corrected chi connectivity index (χ0v) is 14.4. The third-order valence-electron chi connectivity index (χ3n) is 4.41. The fourth-order valence-corrected chi connectivity index (χ4v) is 3.64. The van der Waals surface area contributed by atoms with Crippen LogP contribution in [0.1, 0.15) is 20.3 Å². The van der Waals surface area contributed by atoms with Gasteiger partial charge in [0.25, 0.3) is 5.56 Å². The first kappa shape index (κ1) is 16.1. The summed E-state index contributed by atoms with van der Waals surface area (Å²) in [6.07, 6.45) is 1.89. The Hall–Kier alpha value is -1.73. The number of rotatable bonds is 4. The molecule has 1 amide bonds. The lowest BCUT2D eigenvalue weighted by atomic mass is 10.2. The quantitative estimate of drug-likeness (QED) is 0.848. The van der Waals surface area contributed by atoms with Crippen LogP contribution in [-0.2, 0) is 11.3 Å². The van der Waals surface area contributed by atoms with Crippen LogP contribution < -0.4 is 5.56 Å². The van der Waals surface area contributed by atoms with Crippen LogP contribution in [0.3, 0.4) is 0 Å². The van der Waals surface area contributed by atoms with Crippen molar-refractivity contribution in [3.05, 3.63) is 28.1 Å². The number of hydrogen-bond acceptors (Lipinski definition) is 5. The van der Waals surface area contributed by atoms with E-state index in [1.54, 1.807) is 12.4 Å². The summed E-state index contributed by atoms with van der Waals surface area (Å²) in [5.74, 6) is 0.116. The van der Waals surface area contributed by atoms with Gasteiger partial charge in [0.2, 0.25) is 5.91 Å². The molecule has 0 spiro atoms. The molecule has 2 aromatic rings. The lowest BCUT2D eigenvalue weighted by Gasteiger charge is -2.37. The minimum atomic E-state index is -0.0614. The van der Waals surface area contributed by atoms with Gasteiger partial charge in [0, 0.05) is 45.2 Å². The maximum absolute atomic E-state index is 12.3. The average molecular weight is 334 g/mol. The predicted octanol–water partition coefficient (Wildman–Crippen LogP) is 1.40. The molecule has 3 heterocycles. The molecule has 124 valence electrons. The Kier molecular flexibility index (Phi) is 4.77. The van der Waals surface area contributed by atoms with Crippen molar-refractivity contribution in [3.8, 4) is 0 Å². The van der Waals surface area contributed by atoms with Crippen LogP contribution in [0, 0.1) is 0 Å². The molecule has 1 aliphatic heterocycles. The largest absolute Gasteiger partial charge is 0.340 e. The summed E-state index contributed by atoms with van der Waals surface area (Å²) in [6, 6.07) is 2.31. The van der Waals surface area contributed by atoms with Crippen LogP contribution in [-0.4, -0.2) is 57.5 Å². The van der Waals surface area contributed by atoms with Gasteiger partial charge in [-0.25, -0.2) is 4.98 Å². The summed E-state index contributed by atoms with van der Waals surface area (Å²) in [4.78, 5) is 33.9. The van der Waals surface area contributed by atoms with Gasteiger partial charge < -0.3 is 4.90 Å². The normalized spacial score (nSPS) is 16.4. The van der Waals surface area contributed by atoms with E-state index in [4.69, 9.17) is 0 Å². The van der Waals surface area contributed by atoms with Crippen molar-refractivity contribution in [1.82, 2.24) is 19.4 Å². The Morgan fingerprint density at radius 3 is 2.74 bits per heavy atom. The fourth-order valence-electron chi connectivity index (χ4n) is 2.91. The van der Waals surface area contributed by atoms with Crippen LogP contribution in [0.15, 0.2) is 22.6 Å². The number of nitrogens with zero attached hydrogens (tertiary/aromatic N) is 4. The molecule has 6 nitrogen and oxygen atoms in total. The highest BCUT2D eigenvalue weighted by atomic mass is 32.1. The van der Waals surface area contributed by atoms with Crippen molar-refractivity contribution in [3.63, 3.8) is 0 Å². The third kappa shape index (κ3) is 3.45. The number of carbonyl (C=O) groups excluding carboxylic acids is 1. The summed E-state index contributed by atoms with van der Waals surface area (Å²) in [5.41, 5.74) is -0.0614. The van der Waals surface area contributed by atoms with Gasteiger partial charge in [-0.05, 0) is 25.3 Å². The summed E-state index contributed by atoms with van der Waals surface area (Å²) in [5, 5.41) is 2.50. The molecule has 0 unspecified atom stereocenters. The smallest absolute Gasteiger partial charge is 0.262 e. The zero-order valence-electron chi connectivity index (χ0n) is 13.6. The fraction of sp³-hybridized carbons (Fsp3) is 0.562. The number of thiophene rings is 1. The molecule has 2 aromatic heterocycles. The van der Waals surface area contributed by atoms with Crippen molar-refractivity contribution in [2.24, 2.45) is 0 Å². The Bertz CT molecular complexity index is 744. The molecule has 0 N–H and O–H groups in total. The first-order chi connectivity index (χ1) is 11.1. The molecule has 0 aromatic carbocycles. The maximum Gasteiger partial charge on any atom is 0.262 e. The Labute approximate surface area is 139 Å². The molecular formula is C16H22N4O2S. The molecular weight excluding hydrogens is 312 g/mol. The summed E-state index contributed by atoms with van der Waals surface area (Å²) < 4.78 is 1.54. The zero-order chi connectivity index (χ0) is 16.4. The molecule has 0 aliphatic carbocycles. The second-order valence-electron chi connectivity index (χ2n) is 6.14. The van der Waals surface area contributed by atoms with Crippen LogP contribution >= 0.6 is 11.3 Å².